The predicted octanol–water partition coefficient (Wildman–Crippen LogP) is 2.18. The van der Waals surface area contributed by atoms with Gasteiger partial charge in [-0.1, -0.05) is 6.92 Å². The first-order valence-electron chi connectivity index (χ1n) is 4.79. The van der Waals surface area contributed by atoms with E-state index in [0.29, 0.717) is 6.54 Å². The highest BCUT2D eigenvalue weighted by Crippen LogP contribution is 2.32. The smallest absolute Gasteiger partial charge is 0.125 e. The Morgan fingerprint density at radius 1 is 1.57 bits per heavy atom. The molecule has 1 atom stereocenters. The van der Waals surface area contributed by atoms with Gasteiger partial charge in [0, 0.05) is 18.5 Å². The second-order valence-electron chi connectivity index (χ2n) is 3.52. The van der Waals surface area contributed by atoms with Crippen LogP contribution in [0.1, 0.15) is 35.8 Å². The molecule has 4 heteroatoms. The molecule has 0 aliphatic carbocycles. The fourth-order valence-electron chi connectivity index (χ4n) is 1.23. The first kappa shape index (κ1) is 11.6. The number of hydrogen-bond acceptors (Lipinski definition) is 4. The number of nitrogens with zero attached hydrogens (tertiary/aromatic N) is 1. The van der Waals surface area contributed by atoms with Gasteiger partial charge in [0.15, 0.2) is 0 Å². The molecule has 0 aromatic carbocycles. The van der Waals surface area contributed by atoms with E-state index in [0.717, 1.165) is 22.0 Å². The summed E-state index contributed by atoms with van der Waals surface area (Å²) in [5.41, 5.74) is 6.39. The van der Waals surface area contributed by atoms with Crippen molar-refractivity contribution in [2.75, 3.05) is 7.11 Å². The average Bonchev–Trinajstić information content (AvgIpc) is 2.59. The van der Waals surface area contributed by atoms with Gasteiger partial charge in [-0.15, -0.1) is 11.3 Å². The summed E-state index contributed by atoms with van der Waals surface area (Å²) in [5, 5.41) is 1.03. The third-order valence-electron chi connectivity index (χ3n) is 2.66. The van der Waals surface area contributed by atoms with Gasteiger partial charge in [-0.05, 0) is 20.3 Å². The van der Waals surface area contributed by atoms with Gasteiger partial charge in [-0.25, -0.2) is 4.98 Å². The maximum Gasteiger partial charge on any atom is 0.125 e. The largest absolute Gasteiger partial charge is 0.371 e. The molecule has 1 heterocycles. The molecule has 0 spiro atoms. The molecular weight excluding hydrogens is 196 g/mol. The quantitative estimate of drug-likeness (QED) is 0.835. The Balaban J connectivity index is 3.06. The molecule has 0 aliphatic rings. The Kier molecular flexibility index (Phi) is 3.64. The minimum Gasteiger partial charge on any atom is -0.371 e. The van der Waals surface area contributed by atoms with Crippen molar-refractivity contribution < 1.29 is 4.74 Å². The molecule has 0 amide bonds. The number of hydrogen-bond donors (Lipinski definition) is 1. The van der Waals surface area contributed by atoms with Crippen molar-refractivity contribution in [2.45, 2.75) is 39.3 Å². The lowest BCUT2D eigenvalue weighted by atomic mass is 10.1. The summed E-state index contributed by atoms with van der Waals surface area (Å²) in [6, 6.07) is 0. The Morgan fingerprint density at radius 2 is 2.21 bits per heavy atom. The zero-order chi connectivity index (χ0) is 10.8. The van der Waals surface area contributed by atoms with E-state index in [-0.39, 0.29) is 5.60 Å². The highest BCUT2D eigenvalue weighted by atomic mass is 32.1. The Morgan fingerprint density at radius 3 is 2.57 bits per heavy atom. The van der Waals surface area contributed by atoms with Crippen LogP contribution >= 0.6 is 11.3 Å². The number of aryl methyl sites for hydroxylation is 1. The molecule has 1 aromatic heterocycles. The van der Waals surface area contributed by atoms with Crippen molar-refractivity contribution in [3.63, 3.8) is 0 Å². The number of rotatable bonds is 4. The average molecular weight is 214 g/mol. The summed E-state index contributed by atoms with van der Waals surface area (Å²) in [6.45, 7) is 6.72. The monoisotopic (exact) mass is 214 g/mol. The van der Waals surface area contributed by atoms with Crippen molar-refractivity contribution >= 4 is 11.3 Å². The van der Waals surface area contributed by atoms with E-state index in [9.17, 15) is 0 Å². The van der Waals surface area contributed by atoms with E-state index in [1.54, 1.807) is 18.4 Å². The molecule has 0 aliphatic heterocycles. The zero-order valence-corrected chi connectivity index (χ0v) is 10.1. The maximum atomic E-state index is 5.62. The van der Waals surface area contributed by atoms with Gasteiger partial charge in [0.1, 0.15) is 10.6 Å². The molecule has 0 saturated carbocycles. The molecule has 1 unspecified atom stereocenters. The molecule has 2 N–H and O–H groups in total. The minimum absolute atomic E-state index is 0.261. The zero-order valence-electron chi connectivity index (χ0n) is 9.26. The van der Waals surface area contributed by atoms with Crippen LogP contribution in [0.5, 0.6) is 0 Å². The van der Waals surface area contributed by atoms with Crippen LogP contribution < -0.4 is 5.73 Å². The lowest BCUT2D eigenvalue weighted by Gasteiger charge is -2.23. The van der Waals surface area contributed by atoms with E-state index in [4.69, 9.17) is 10.5 Å². The lowest BCUT2D eigenvalue weighted by molar-refractivity contribution is -0.00163. The number of methoxy groups -OCH3 is 1. The molecule has 0 fully saturated rings. The van der Waals surface area contributed by atoms with Gasteiger partial charge in [0.25, 0.3) is 0 Å². The van der Waals surface area contributed by atoms with Gasteiger partial charge in [-0.2, -0.15) is 0 Å². The SMILES string of the molecule is CCC(C)(OC)c1nc(C)c(CN)s1. The first-order valence-corrected chi connectivity index (χ1v) is 5.61. The van der Waals surface area contributed by atoms with Gasteiger partial charge in [0.2, 0.25) is 0 Å². The third kappa shape index (κ3) is 1.97. The topological polar surface area (TPSA) is 48.1 Å². The molecule has 3 nitrogen and oxygen atoms in total. The number of aromatic nitrogens is 1. The number of ether oxygens (including phenoxy) is 1. The van der Waals surface area contributed by atoms with E-state index < -0.39 is 0 Å². The van der Waals surface area contributed by atoms with E-state index in [2.05, 4.69) is 18.8 Å². The number of nitrogens with two attached hydrogens (primary N) is 1. The maximum absolute atomic E-state index is 5.62. The van der Waals surface area contributed by atoms with E-state index in [1.807, 2.05) is 6.92 Å². The molecule has 1 rings (SSSR count). The molecule has 0 radical (unpaired) electrons. The van der Waals surface area contributed by atoms with Crippen molar-refractivity contribution in [1.82, 2.24) is 4.98 Å². The molecular formula is C10H18N2OS. The molecule has 0 bridgehead atoms. The van der Waals surface area contributed by atoms with Gasteiger partial charge >= 0.3 is 0 Å². The highest BCUT2D eigenvalue weighted by Gasteiger charge is 2.28. The number of thiazole rings is 1. The fourth-order valence-corrected chi connectivity index (χ4v) is 2.36. The van der Waals surface area contributed by atoms with Crippen molar-refractivity contribution in [3.8, 4) is 0 Å². The predicted molar refractivity (Wildman–Crippen MR) is 59.4 cm³/mol. The van der Waals surface area contributed by atoms with Crippen LogP contribution in [0.4, 0.5) is 0 Å². The van der Waals surface area contributed by atoms with Crippen LogP contribution in [0.25, 0.3) is 0 Å². The third-order valence-corrected chi connectivity index (χ3v) is 4.08. The molecule has 1 aromatic rings. The Hall–Kier alpha value is -0.450. The van der Waals surface area contributed by atoms with E-state index in [1.165, 1.54) is 0 Å². The van der Waals surface area contributed by atoms with Gasteiger partial charge < -0.3 is 10.5 Å². The van der Waals surface area contributed by atoms with Crippen LogP contribution in [-0.4, -0.2) is 12.1 Å². The van der Waals surface area contributed by atoms with Crippen LogP contribution in [0.3, 0.4) is 0 Å². The van der Waals surface area contributed by atoms with Crippen molar-refractivity contribution in [1.29, 1.82) is 0 Å². The second kappa shape index (κ2) is 4.38. The standard InChI is InChI=1S/C10H18N2OS/c1-5-10(3,13-4)9-12-7(2)8(6-11)14-9/h5-6,11H2,1-4H3. The molecule has 14 heavy (non-hydrogen) atoms. The summed E-state index contributed by atoms with van der Waals surface area (Å²) < 4.78 is 5.49. The summed E-state index contributed by atoms with van der Waals surface area (Å²) in [4.78, 5) is 5.66. The van der Waals surface area contributed by atoms with Crippen molar-refractivity contribution in [3.05, 3.63) is 15.6 Å². The molecule has 0 saturated heterocycles. The summed E-state index contributed by atoms with van der Waals surface area (Å²) in [6.07, 6.45) is 0.917. The Labute approximate surface area is 89.3 Å². The van der Waals surface area contributed by atoms with Crippen LogP contribution in [0.2, 0.25) is 0 Å². The normalized spacial score (nSPS) is 15.5. The van der Waals surface area contributed by atoms with Gasteiger partial charge in [-0.3, -0.25) is 0 Å². The van der Waals surface area contributed by atoms with Crippen molar-refractivity contribution in [2.24, 2.45) is 5.73 Å². The Bertz CT molecular complexity index is 305. The summed E-state index contributed by atoms with van der Waals surface area (Å²) in [7, 11) is 1.72. The second-order valence-corrected chi connectivity index (χ2v) is 4.60. The fraction of sp³-hybridized carbons (Fsp3) is 0.700. The van der Waals surface area contributed by atoms with Gasteiger partial charge in [0.05, 0.1) is 5.69 Å². The summed E-state index contributed by atoms with van der Waals surface area (Å²) >= 11 is 1.65. The van der Waals surface area contributed by atoms with Crippen LogP contribution in [0.15, 0.2) is 0 Å². The lowest BCUT2D eigenvalue weighted by Crippen LogP contribution is -2.22. The highest BCUT2D eigenvalue weighted by molar-refractivity contribution is 7.11. The minimum atomic E-state index is -0.261. The van der Waals surface area contributed by atoms with Crippen LogP contribution in [-0.2, 0) is 16.9 Å². The molecule has 80 valence electrons. The summed E-state index contributed by atoms with van der Waals surface area (Å²) in [5.74, 6) is 0. The van der Waals surface area contributed by atoms with Crippen LogP contribution in [0, 0.1) is 6.92 Å². The first-order chi connectivity index (χ1) is 6.57. The van der Waals surface area contributed by atoms with E-state index >= 15 is 0 Å².